The first kappa shape index (κ1) is 22.0. The Hall–Kier alpha value is -2.19. The predicted molar refractivity (Wildman–Crippen MR) is 127 cm³/mol. The highest BCUT2D eigenvalue weighted by Gasteiger charge is 2.17. The van der Waals surface area contributed by atoms with Crippen molar-refractivity contribution in [2.75, 3.05) is 6.26 Å². The number of thiazole rings is 1. The molecular weight excluding hydrogens is 473 g/mol. The fraction of sp³-hybridized carbons (Fsp3) is 0.0870. The Morgan fingerprint density at radius 1 is 1.00 bits per heavy atom. The summed E-state index contributed by atoms with van der Waals surface area (Å²) in [5, 5.41) is 0.691. The van der Waals surface area contributed by atoms with E-state index < -0.39 is 9.84 Å². The maximum atomic E-state index is 13.4. The second kappa shape index (κ2) is 9.12. The van der Waals surface area contributed by atoms with Crippen molar-refractivity contribution in [3.63, 3.8) is 0 Å². The van der Waals surface area contributed by atoms with E-state index in [1.54, 1.807) is 48.2 Å². The van der Waals surface area contributed by atoms with Crippen LogP contribution in [0, 0.1) is 5.82 Å². The largest absolute Gasteiger partial charge is 0.229 e. The van der Waals surface area contributed by atoms with Crippen molar-refractivity contribution < 1.29 is 12.8 Å². The van der Waals surface area contributed by atoms with Crippen LogP contribution in [0.1, 0.15) is 5.56 Å². The molecule has 0 spiro atoms. The molecule has 158 valence electrons. The maximum absolute atomic E-state index is 13.4. The SMILES string of the molecule is CS(=O)(=O)c1ccc(-c2nc(SCc3cccc(Cl)c3)sc2-c2ccc(F)cc2)cc1. The highest BCUT2D eigenvalue weighted by atomic mass is 35.5. The van der Waals surface area contributed by atoms with Crippen molar-refractivity contribution in [3.05, 3.63) is 89.2 Å². The molecule has 0 N–H and O–H groups in total. The number of thioether (sulfide) groups is 1. The van der Waals surface area contributed by atoms with Crippen molar-refractivity contribution in [2.45, 2.75) is 15.0 Å². The molecule has 0 unspecified atom stereocenters. The molecule has 0 amide bonds. The lowest BCUT2D eigenvalue weighted by molar-refractivity contribution is 0.602. The van der Waals surface area contributed by atoms with Gasteiger partial charge >= 0.3 is 0 Å². The standard InChI is InChI=1S/C23H17ClFNO2S3/c1-31(27,28)20-11-7-16(8-12-20)21-22(17-5-9-19(25)10-6-17)30-23(26-21)29-14-15-3-2-4-18(24)13-15/h2-13H,14H2,1H3. The van der Waals surface area contributed by atoms with E-state index in [-0.39, 0.29) is 10.7 Å². The first-order valence-corrected chi connectivity index (χ1v) is 13.3. The molecule has 1 heterocycles. The fourth-order valence-electron chi connectivity index (χ4n) is 2.99. The number of hydrogen-bond acceptors (Lipinski definition) is 5. The normalized spacial score (nSPS) is 11.6. The number of nitrogens with zero attached hydrogens (tertiary/aromatic N) is 1. The summed E-state index contributed by atoms with van der Waals surface area (Å²) in [7, 11) is -3.28. The molecule has 3 nitrogen and oxygen atoms in total. The van der Waals surface area contributed by atoms with Gasteiger partial charge < -0.3 is 0 Å². The Morgan fingerprint density at radius 2 is 1.68 bits per heavy atom. The third-order valence-corrected chi connectivity index (χ3v) is 8.20. The monoisotopic (exact) mass is 489 g/mol. The van der Waals surface area contributed by atoms with E-state index in [2.05, 4.69) is 0 Å². The van der Waals surface area contributed by atoms with Crippen LogP contribution in [-0.4, -0.2) is 19.7 Å². The number of aromatic nitrogens is 1. The van der Waals surface area contributed by atoms with Gasteiger partial charge in [-0.3, -0.25) is 0 Å². The number of halogens is 2. The lowest BCUT2D eigenvalue weighted by Gasteiger charge is -2.04. The minimum Gasteiger partial charge on any atom is -0.229 e. The van der Waals surface area contributed by atoms with E-state index in [4.69, 9.17) is 16.6 Å². The fourth-order valence-corrected chi connectivity index (χ4v) is 5.94. The van der Waals surface area contributed by atoms with E-state index >= 15 is 0 Å². The maximum Gasteiger partial charge on any atom is 0.175 e. The zero-order valence-corrected chi connectivity index (χ0v) is 19.6. The summed E-state index contributed by atoms with van der Waals surface area (Å²) in [5.74, 6) is 0.409. The van der Waals surface area contributed by atoms with Gasteiger partial charge in [0.15, 0.2) is 14.2 Å². The summed E-state index contributed by atoms with van der Waals surface area (Å²) in [5.41, 5.74) is 3.49. The topological polar surface area (TPSA) is 47.0 Å². The van der Waals surface area contributed by atoms with Crippen LogP contribution in [0.4, 0.5) is 4.39 Å². The summed E-state index contributed by atoms with van der Waals surface area (Å²) in [6.45, 7) is 0. The molecule has 8 heteroatoms. The van der Waals surface area contributed by atoms with E-state index in [0.717, 1.165) is 31.6 Å². The molecule has 0 aliphatic rings. The highest BCUT2D eigenvalue weighted by molar-refractivity contribution is 8.00. The van der Waals surface area contributed by atoms with Gasteiger partial charge in [0.25, 0.3) is 0 Å². The molecule has 0 radical (unpaired) electrons. The Morgan fingerprint density at radius 3 is 2.32 bits per heavy atom. The van der Waals surface area contributed by atoms with Crippen LogP contribution in [0.15, 0.2) is 82.0 Å². The molecular formula is C23H17ClFNO2S3. The van der Waals surface area contributed by atoms with E-state index in [1.807, 2.05) is 24.3 Å². The van der Waals surface area contributed by atoms with Crippen molar-refractivity contribution >= 4 is 44.5 Å². The van der Waals surface area contributed by atoms with Gasteiger partial charge in [-0.15, -0.1) is 11.3 Å². The minimum atomic E-state index is -3.28. The summed E-state index contributed by atoms with van der Waals surface area (Å²) < 4.78 is 37.9. The molecule has 0 saturated carbocycles. The van der Waals surface area contributed by atoms with Gasteiger partial charge in [0.2, 0.25) is 0 Å². The minimum absolute atomic E-state index is 0.255. The summed E-state index contributed by atoms with van der Waals surface area (Å²) in [6, 6.07) is 20.6. The molecule has 4 rings (SSSR count). The smallest absolute Gasteiger partial charge is 0.175 e. The Kier molecular flexibility index (Phi) is 6.48. The van der Waals surface area contributed by atoms with Crippen LogP contribution in [0.25, 0.3) is 21.7 Å². The lowest BCUT2D eigenvalue weighted by atomic mass is 10.1. The molecule has 3 aromatic carbocycles. The number of sulfone groups is 1. The first-order valence-electron chi connectivity index (χ1n) is 9.24. The second-order valence-electron chi connectivity index (χ2n) is 6.88. The number of hydrogen-bond donors (Lipinski definition) is 0. The molecule has 0 saturated heterocycles. The van der Waals surface area contributed by atoms with Gasteiger partial charge in [-0.05, 0) is 47.5 Å². The molecule has 1 aromatic heterocycles. The second-order valence-corrected chi connectivity index (χ2v) is 11.6. The highest BCUT2D eigenvalue weighted by Crippen LogP contribution is 2.41. The number of rotatable bonds is 6. The van der Waals surface area contributed by atoms with Crippen molar-refractivity contribution in [1.29, 1.82) is 0 Å². The van der Waals surface area contributed by atoms with E-state index in [1.165, 1.54) is 29.7 Å². The van der Waals surface area contributed by atoms with Crippen LogP contribution in [0.2, 0.25) is 5.02 Å². The summed E-state index contributed by atoms with van der Waals surface area (Å²) >= 11 is 9.20. The quantitative estimate of drug-likeness (QED) is 0.274. The van der Waals surface area contributed by atoms with Crippen molar-refractivity contribution in [3.8, 4) is 21.7 Å². The van der Waals surface area contributed by atoms with Gasteiger partial charge in [-0.2, -0.15) is 0 Å². The van der Waals surface area contributed by atoms with Crippen LogP contribution >= 0.6 is 34.7 Å². The van der Waals surface area contributed by atoms with Crippen LogP contribution in [-0.2, 0) is 15.6 Å². The summed E-state index contributed by atoms with van der Waals surface area (Å²) in [6.07, 6.45) is 1.18. The van der Waals surface area contributed by atoms with Crippen molar-refractivity contribution in [1.82, 2.24) is 4.98 Å². The molecule has 0 bridgehead atoms. The Bertz CT molecular complexity index is 1320. The number of benzene rings is 3. The Balaban J connectivity index is 1.71. The molecule has 0 aliphatic heterocycles. The van der Waals surface area contributed by atoms with Gasteiger partial charge in [0.05, 0.1) is 15.5 Å². The van der Waals surface area contributed by atoms with Crippen LogP contribution in [0.3, 0.4) is 0 Å². The zero-order valence-electron chi connectivity index (χ0n) is 16.4. The molecule has 0 aliphatic carbocycles. The molecule has 4 aromatic rings. The zero-order chi connectivity index (χ0) is 22.0. The van der Waals surface area contributed by atoms with Crippen LogP contribution < -0.4 is 0 Å². The van der Waals surface area contributed by atoms with E-state index in [9.17, 15) is 12.8 Å². The third kappa shape index (κ3) is 5.36. The predicted octanol–water partition coefficient (Wildman–Crippen LogP) is 6.97. The molecule has 31 heavy (non-hydrogen) atoms. The molecule has 0 atom stereocenters. The lowest BCUT2D eigenvalue weighted by Crippen LogP contribution is -1.96. The Labute approximate surface area is 193 Å². The van der Waals surface area contributed by atoms with Gasteiger partial charge in [0.1, 0.15) is 5.82 Å². The third-order valence-electron chi connectivity index (χ3n) is 4.52. The van der Waals surface area contributed by atoms with Crippen molar-refractivity contribution in [2.24, 2.45) is 0 Å². The average molecular weight is 490 g/mol. The summed E-state index contributed by atoms with van der Waals surface area (Å²) in [4.78, 5) is 5.97. The van der Waals surface area contributed by atoms with Gasteiger partial charge in [0, 0.05) is 22.6 Å². The van der Waals surface area contributed by atoms with Crippen LogP contribution in [0.5, 0.6) is 0 Å². The average Bonchev–Trinajstić information content (AvgIpc) is 3.17. The molecule has 0 fully saturated rings. The van der Waals surface area contributed by atoms with Gasteiger partial charge in [-0.25, -0.2) is 17.8 Å². The first-order chi connectivity index (χ1) is 14.8. The van der Waals surface area contributed by atoms with Gasteiger partial charge in [-0.1, -0.05) is 59.8 Å². The van der Waals surface area contributed by atoms with E-state index in [0.29, 0.717) is 10.8 Å².